The second-order valence-electron chi connectivity index (χ2n) is 8.41. The number of hydrogen-bond donors (Lipinski definition) is 1. The number of aromatic nitrogens is 1. The third kappa shape index (κ3) is 4.29. The molecule has 2 saturated carbocycles. The lowest BCUT2D eigenvalue weighted by atomic mass is 9.77. The van der Waals surface area contributed by atoms with Crippen LogP contribution >= 0.6 is 0 Å². The number of carbonyl (C=O) groups excluding carboxylic acids is 2. The Morgan fingerprint density at radius 2 is 2.00 bits per heavy atom. The Balaban J connectivity index is 1.42. The molecule has 0 radical (unpaired) electrons. The predicted octanol–water partition coefficient (Wildman–Crippen LogP) is 1.87. The zero-order chi connectivity index (χ0) is 19.7. The molecule has 3 fully saturated rings. The number of pyridine rings is 1. The number of nitrogens with zero attached hydrogens (tertiary/aromatic N) is 2. The van der Waals surface area contributed by atoms with Crippen molar-refractivity contribution in [2.45, 2.75) is 44.8 Å². The van der Waals surface area contributed by atoms with Gasteiger partial charge in [-0.1, -0.05) is 0 Å². The van der Waals surface area contributed by atoms with Gasteiger partial charge < -0.3 is 19.7 Å². The van der Waals surface area contributed by atoms with Crippen molar-refractivity contribution in [3.63, 3.8) is 0 Å². The summed E-state index contributed by atoms with van der Waals surface area (Å²) >= 11 is 0. The second kappa shape index (κ2) is 8.07. The van der Waals surface area contributed by atoms with Crippen LogP contribution in [0.4, 0.5) is 0 Å². The molecule has 4 rings (SSSR count). The molecule has 152 valence electrons. The minimum Gasteiger partial charge on any atom is -0.481 e. The van der Waals surface area contributed by atoms with E-state index in [9.17, 15) is 9.59 Å². The van der Waals surface area contributed by atoms with Gasteiger partial charge >= 0.3 is 0 Å². The van der Waals surface area contributed by atoms with Crippen LogP contribution in [0.3, 0.4) is 0 Å². The highest BCUT2D eigenvalue weighted by molar-refractivity contribution is 5.94. The van der Waals surface area contributed by atoms with E-state index in [1.807, 2.05) is 4.90 Å². The van der Waals surface area contributed by atoms with Gasteiger partial charge in [0.05, 0.1) is 19.3 Å². The van der Waals surface area contributed by atoms with Crippen LogP contribution in [0, 0.1) is 17.8 Å². The molecular weight excluding hydrogens is 358 g/mol. The topological polar surface area (TPSA) is 80.8 Å². The fraction of sp³-hybridized carbons (Fsp3) is 0.667. The molecule has 1 aromatic rings. The molecular formula is C21H29N3O4. The quantitative estimate of drug-likeness (QED) is 0.806. The Kier molecular flexibility index (Phi) is 5.53. The minimum absolute atomic E-state index is 0.0154. The molecule has 2 amide bonds. The number of ether oxygens (including phenoxy) is 2. The lowest BCUT2D eigenvalue weighted by Crippen LogP contribution is -2.50. The number of likely N-dealkylation sites (tertiary alicyclic amines) is 1. The number of hydrogen-bond acceptors (Lipinski definition) is 5. The number of nitrogens with one attached hydrogen (secondary N) is 1. The van der Waals surface area contributed by atoms with Gasteiger partial charge in [0, 0.05) is 44.4 Å². The summed E-state index contributed by atoms with van der Waals surface area (Å²) in [5.41, 5.74) is 0.602. The standard InChI is InChI=1S/C21H29N3O4/c1-13(25)23-18-7-16-10-24(21(26)15-5-6-22-20(9-15)27-2)11-17(16)8-19(18)28-12-14-3-4-14/h5-6,9,14,16-19H,3-4,7-8,10-12H2,1-2H3,(H,23,25)/t16-,17+,18-,19-/m1/s1. The van der Waals surface area contributed by atoms with Crippen molar-refractivity contribution in [1.82, 2.24) is 15.2 Å². The average Bonchev–Trinajstić information content (AvgIpc) is 3.43. The fourth-order valence-corrected chi connectivity index (χ4v) is 4.56. The zero-order valence-corrected chi connectivity index (χ0v) is 16.6. The van der Waals surface area contributed by atoms with Gasteiger partial charge in [0.2, 0.25) is 11.8 Å². The van der Waals surface area contributed by atoms with Crippen LogP contribution in [0.2, 0.25) is 0 Å². The van der Waals surface area contributed by atoms with Crippen molar-refractivity contribution < 1.29 is 19.1 Å². The van der Waals surface area contributed by atoms with Crippen LogP contribution in [-0.2, 0) is 9.53 Å². The van der Waals surface area contributed by atoms with Crippen molar-refractivity contribution in [3.8, 4) is 5.88 Å². The Bertz CT molecular complexity index is 736. The fourth-order valence-electron chi connectivity index (χ4n) is 4.56. The van der Waals surface area contributed by atoms with E-state index in [1.54, 1.807) is 32.4 Å². The van der Waals surface area contributed by atoms with Crippen molar-refractivity contribution in [2.75, 3.05) is 26.8 Å². The van der Waals surface area contributed by atoms with E-state index in [-0.39, 0.29) is 24.0 Å². The van der Waals surface area contributed by atoms with Gasteiger partial charge in [-0.25, -0.2) is 4.98 Å². The molecule has 0 spiro atoms. The van der Waals surface area contributed by atoms with Crippen LogP contribution in [0.1, 0.15) is 43.0 Å². The molecule has 0 bridgehead atoms. The first kappa shape index (κ1) is 19.2. The molecule has 1 aliphatic heterocycles. The lowest BCUT2D eigenvalue weighted by molar-refractivity contribution is -0.122. The Labute approximate surface area is 165 Å². The van der Waals surface area contributed by atoms with E-state index in [1.165, 1.54) is 12.8 Å². The van der Waals surface area contributed by atoms with Gasteiger partial charge in [-0.15, -0.1) is 0 Å². The van der Waals surface area contributed by atoms with E-state index in [0.717, 1.165) is 32.5 Å². The molecule has 7 nitrogen and oxygen atoms in total. The highest BCUT2D eigenvalue weighted by Gasteiger charge is 2.44. The number of amides is 2. The SMILES string of the molecule is COc1cc(C(=O)N2C[C@H]3C[C@@H](NC(C)=O)[C@H](OCC4CC4)C[C@H]3C2)ccn1. The molecule has 2 heterocycles. The summed E-state index contributed by atoms with van der Waals surface area (Å²) < 4.78 is 11.3. The maximum Gasteiger partial charge on any atom is 0.254 e. The number of rotatable bonds is 6. The van der Waals surface area contributed by atoms with Crippen molar-refractivity contribution >= 4 is 11.8 Å². The number of methoxy groups -OCH3 is 1. The summed E-state index contributed by atoms with van der Waals surface area (Å²) in [5, 5.41) is 3.09. The first-order valence-corrected chi connectivity index (χ1v) is 10.2. The van der Waals surface area contributed by atoms with Crippen molar-refractivity contribution in [1.29, 1.82) is 0 Å². The lowest BCUT2D eigenvalue weighted by Gasteiger charge is -2.38. The molecule has 28 heavy (non-hydrogen) atoms. The second-order valence-corrected chi connectivity index (χ2v) is 8.41. The van der Waals surface area contributed by atoms with Gasteiger partial charge in [-0.05, 0) is 49.5 Å². The van der Waals surface area contributed by atoms with Gasteiger partial charge in [0.15, 0.2) is 0 Å². The van der Waals surface area contributed by atoms with Gasteiger partial charge in [0.1, 0.15) is 0 Å². The molecule has 4 atom stereocenters. The van der Waals surface area contributed by atoms with Crippen LogP contribution in [-0.4, -0.2) is 60.7 Å². The van der Waals surface area contributed by atoms with Crippen LogP contribution in [0.25, 0.3) is 0 Å². The maximum atomic E-state index is 13.0. The van der Waals surface area contributed by atoms with Crippen molar-refractivity contribution in [2.24, 2.45) is 17.8 Å². The van der Waals surface area contributed by atoms with Gasteiger partial charge in [0.25, 0.3) is 5.91 Å². The summed E-state index contributed by atoms with van der Waals surface area (Å²) in [5.74, 6) is 1.95. The van der Waals surface area contributed by atoms with Gasteiger partial charge in [-0.2, -0.15) is 0 Å². The molecule has 0 unspecified atom stereocenters. The summed E-state index contributed by atoms with van der Waals surface area (Å²) in [6.07, 6.45) is 5.91. The Morgan fingerprint density at radius 1 is 1.25 bits per heavy atom. The summed E-state index contributed by atoms with van der Waals surface area (Å²) in [6, 6.07) is 3.45. The summed E-state index contributed by atoms with van der Waals surface area (Å²) in [6.45, 7) is 3.81. The summed E-state index contributed by atoms with van der Waals surface area (Å²) in [4.78, 5) is 30.6. The molecule has 1 saturated heterocycles. The normalized spacial score (nSPS) is 29.3. The molecule has 3 aliphatic rings. The van der Waals surface area contributed by atoms with E-state index in [4.69, 9.17) is 9.47 Å². The van der Waals surface area contributed by atoms with E-state index < -0.39 is 0 Å². The van der Waals surface area contributed by atoms with E-state index in [2.05, 4.69) is 10.3 Å². The van der Waals surface area contributed by atoms with Crippen LogP contribution in [0.15, 0.2) is 18.3 Å². The highest BCUT2D eigenvalue weighted by atomic mass is 16.5. The zero-order valence-electron chi connectivity index (χ0n) is 16.6. The van der Waals surface area contributed by atoms with E-state index >= 15 is 0 Å². The maximum absolute atomic E-state index is 13.0. The summed E-state index contributed by atoms with van der Waals surface area (Å²) in [7, 11) is 1.55. The van der Waals surface area contributed by atoms with Crippen molar-refractivity contribution in [3.05, 3.63) is 23.9 Å². The highest BCUT2D eigenvalue weighted by Crippen LogP contribution is 2.39. The third-order valence-electron chi connectivity index (χ3n) is 6.23. The molecule has 7 heteroatoms. The predicted molar refractivity (Wildman–Crippen MR) is 103 cm³/mol. The number of fused-ring (bicyclic) bond motifs is 1. The monoisotopic (exact) mass is 387 g/mol. The van der Waals surface area contributed by atoms with Crippen LogP contribution < -0.4 is 10.1 Å². The minimum atomic E-state index is -0.0155. The average molecular weight is 387 g/mol. The number of carbonyl (C=O) groups is 2. The Hall–Kier alpha value is -2.15. The first-order valence-electron chi connectivity index (χ1n) is 10.2. The smallest absolute Gasteiger partial charge is 0.254 e. The largest absolute Gasteiger partial charge is 0.481 e. The Morgan fingerprint density at radius 3 is 2.68 bits per heavy atom. The first-order chi connectivity index (χ1) is 13.5. The third-order valence-corrected chi connectivity index (χ3v) is 6.23. The van der Waals surface area contributed by atoms with Crippen LogP contribution in [0.5, 0.6) is 5.88 Å². The molecule has 0 aromatic carbocycles. The van der Waals surface area contributed by atoms with Gasteiger partial charge in [-0.3, -0.25) is 9.59 Å². The molecule has 1 aromatic heterocycles. The van der Waals surface area contributed by atoms with E-state index in [0.29, 0.717) is 29.2 Å². The molecule has 2 aliphatic carbocycles. The molecule has 1 N–H and O–H groups in total.